The van der Waals surface area contributed by atoms with Crippen LogP contribution >= 0.6 is 23.2 Å². The number of aryl methyl sites for hydroxylation is 1. The van der Waals surface area contributed by atoms with Crippen LogP contribution in [0.4, 0.5) is 5.69 Å². The first kappa shape index (κ1) is 22.9. The van der Waals surface area contributed by atoms with Crippen molar-refractivity contribution in [3.63, 3.8) is 0 Å². The number of halogens is 2. The third-order valence-electron chi connectivity index (χ3n) is 5.74. The fourth-order valence-electron chi connectivity index (χ4n) is 4.02. The van der Waals surface area contributed by atoms with Crippen LogP contribution in [-0.2, 0) is 17.8 Å². The smallest absolute Gasteiger partial charge is 0.329 e. The van der Waals surface area contributed by atoms with Gasteiger partial charge >= 0.3 is 5.97 Å². The van der Waals surface area contributed by atoms with E-state index in [1.54, 1.807) is 12.1 Å². The van der Waals surface area contributed by atoms with Crippen molar-refractivity contribution in [2.45, 2.75) is 38.3 Å². The lowest BCUT2D eigenvalue weighted by atomic mass is 9.87. The van der Waals surface area contributed by atoms with Gasteiger partial charge in [-0.3, -0.25) is 4.90 Å². The second kappa shape index (κ2) is 10.0. The minimum Gasteiger partial charge on any atom is -0.480 e. The first-order valence-corrected chi connectivity index (χ1v) is 10.9. The molecule has 2 aromatic carbocycles. The Kier molecular flexibility index (Phi) is 7.64. The molecular weight excluding hydrogens is 423 g/mol. The summed E-state index contributed by atoms with van der Waals surface area (Å²) in [7, 11) is 0. The van der Waals surface area contributed by atoms with Crippen LogP contribution in [-0.4, -0.2) is 46.3 Å². The maximum Gasteiger partial charge on any atom is 0.329 e. The lowest BCUT2D eigenvalue weighted by molar-refractivity contribution is -0.143. The van der Waals surface area contributed by atoms with Gasteiger partial charge < -0.3 is 15.5 Å². The van der Waals surface area contributed by atoms with E-state index in [2.05, 4.69) is 10.2 Å². The topological polar surface area (TPSA) is 72.8 Å². The highest BCUT2D eigenvalue weighted by Gasteiger charge is 2.39. The van der Waals surface area contributed by atoms with E-state index in [0.29, 0.717) is 54.6 Å². The van der Waals surface area contributed by atoms with Gasteiger partial charge in [-0.2, -0.15) is 0 Å². The standard InChI is InChI=1S/C23H28Cl2N2O3/c1-16(15-28)13-27-10-9-23(22(29)30,26-21-4-2-3-19(24)12-21)8-7-17-5-6-20(25)11-18(17)14-27/h2-6,11-12,16,26,28H,7-10,13-15H2,1H3,(H,29,30)/t16-,23-/m1/s1. The second-order valence-electron chi connectivity index (χ2n) is 8.21. The minimum atomic E-state index is -1.13. The van der Waals surface area contributed by atoms with Gasteiger partial charge in [0.1, 0.15) is 5.54 Å². The normalized spacial score (nSPS) is 21.1. The number of benzene rings is 2. The third kappa shape index (κ3) is 5.67. The largest absolute Gasteiger partial charge is 0.480 e. The number of aliphatic carboxylic acids is 1. The molecule has 30 heavy (non-hydrogen) atoms. The Labute approximate surface area is 187 Å². The van der Waals surface area contributed by atoms with Gasteiger partial charge in [-0.15, -0.1) is 0 Å². The summed E-state index contributed by atoms with van der Waals surface area (Å²) in [4.78, 5) is 14.7. The molecule has 0 saturated carbocycles. The van der Waals surface area contributed by atoms with Crippen molar-refractivity contribution in [1.82, 2.24) is 4.90 Å². The average Bonchev–Trinajstić information content (AvgIpc) is 2.77. The van der Waals surface area contributed by atoms with Crippen LogP contribution in [0.3, 0.4) is 0 Å². The number of aliphatic hydroxyl groups excluding tert-OH is 1. The van der Waals surface area contributed by atoms with Crippen LogP contribution in [0.2, 0.25) is 10.0 Å². The van der Waals surface area contributed by atoms with Gasteiger partial charge in [-0.05, 0) is 66.6 Å². The summed E-state index contributed by atoms with van der Waals surface area (Å²) in [5, 5.41) is 24.3. The third-order valence-corrected chi connectivity index (χ3v) is 6.21. The molecule has 2 atom stereocenters. The Morgan fingerprint density at radius 1 is 1.17 bits per heavy atom. The van der Waals surface area contributed by atoms with E-state index < -0.39 is 11.5 Å². The van der Waals surface area contributed by atoms with Crippen LogP contribution in [0.15, 0.2) is 42.5 Å². The molecule has 1 aliphatic rings. The van der Waals surface area contributed by atoms with E-state index in [4.69, 9.17) is 23.2 Å². The molecule has 0 aromatic heterocycles. The number of rotatable bonds is 6. The predicted octanol–water partition coefficient (Wildman–Crippen LogP) is 4.70. The van der Waals surface area contributed by atoms with Crippen LogP contribution in [0.1, 0.15) is 30.9 Å². The SMILES string of the molecule is C[C@@H](CO)CN1CC[C@@](Nc2cccc(Cl)c2)(C(=O)O)CCc2ccc(Cl)cc2C1. The van der Waals surface area contributed by atoms with Crippen molar-refractivity contribution in [3.05, 3.63) is 63.6 Å². The molecule has 3 N–H and O–H groups in total. The molecule has 5 nitrogen and oxygen atoms in total. The van der Waals surface area contributed by atoms with E-state index in [-0.39, 0.29) is 12.5 Å². The molecule has 7 heteroatoms. The zero-order chi connectivity index (χ0) is 21.7. The maximum atomic E-state index is 12.5. The number of hydrogen-bond donors (Lipinski definition) is 3. The Hall–Kier alpha value is -1.79. The fourth-order valence-corrected chi connectivity index (χ4v) is 4.40. The lowest BCUT2D eigenvalue weighted by Crippen LogP contribution is -2.49. The monoisotopic (exact) mass is 450 g/mol. The number of aliphatic hydroxyl groups is 1. The molecule has 3 rings (SSSR count). The summed E-state index contributed by atoms with van der Waals surface area (Å²) in [6.07, 6.45) is 1.48. The summed E-state index contributed by atoms with van der Waals surface area (Å²) in [5.74, 6) is -0.788. The van der Waals surface area contributed by atoms with Crippen molar-refractivity contribution in [3.8, 4) is 0 Å². The van der Waals surface area contributed by atoms with Crippen molar-refractivity contribution >= 4 is 34.9 Å². The molecule has 1 aliphatic heterocycles. The molecule has 0 amide bonds. The summed E-state index contributed by atoms with van der Waals surface area (Å²) in [6.45, 7) is 4.00. The first-order valence-electron chi connectivity index (χ1n) is 10.2. The van der Waals surface area contributed by atoms with Crippen LogP contribution in [0.25, 0.3) is 0 Å². The number of nitrogens with zero attached hydrogens (tertiary/aromatic N) is 1. The van der Waals surface area contributed by atoms with Gasteiger partial charge in [0.2, 0.25) is 0 Å². The summed E-state index contributed by atoms with van der Waals surface area (Å²) >= 11 is 12.4. The van der Waals surface area contributed by atoms with Crippen LogP contribution in [0, 0.1) is 5.92 Å². The highest BCUT2D eigenvalue weighted by Crippen LogP contribution is 2.31. The van der Waals surface area contributed by atoms with E-state index in [9.17, 15) is 15.0 Å². The van der Waals surface area contributed by atoms with Crippen LogP contribution in [0.5, 0.6) is 0 Å². The van der Waals surface area contributed by atoms with Crippen molar-refractivity contribution in [1.29, 1.82) is 0 Å². The molecule has 0 unspecified atom stereocenters. The Bertz CT molecular complexity index is 893. The number of carbonyl (C=O) groups is 1. The number of fused-ring (bicyclic) bond motifs is 1. The highest BCUT2D eigenvalue weighted by atomic mass is 35.5. The van der Waals surface area contributed by atoms with Gasteiger partial charge in [0, 0.05) is 42.0 Å². The average molecular weight is 451 g/mol. The van der Waals surface area contributed by atoms with E-state index in [1.807, 2.05) is 37.3 Å². The van der Waals surface area contributed by atoms with Gasteiger partial charge in [0.05, 0.1) is 0 Å². The number of hydrogen-bond acceptors (Lipinski definition) is 4. The van der Waals surface area contributed by atoms with E-state index in [0.717, 1.165) is 11.1 Å². The molecule has 1 heterocycles. The molecular formula is C23H28Cl2N2O3. The van der Waals surface area contributed by atoms with Crippen LogP contribution < -0.4 is 5.32 Å². The molecule has 0 aliphatic carbocycles. The maximum absolute atomic E-state index is 12.5. The summed E-state index contributed by atoms with van der Waals surface area (Å²) in [5.41, 5.74) is 1.76. The Balaban J connectivity index is 1.96. The summed E-state index contributed by atoms with van der Waals surface area (Å²) < 4.78 is 0. The minimum absolute atomic E-state index is 0.0870. The zero-order valence-electron chi connectivity index (χ0n) is 17.1. The molecule has 0 saturated heterocycles. The van der Waals surface area contributed by atoms with Gasteiger partial charge in [0.25, 0.3) is 0 Å². The second-order valence-corrected chi connectivity index (χ2v) is 9.08. The van der Waals surface area contributed by atoms with Crippen molar-refractivity contribution < 1.29 is 15.0 Å². The number of carboxylic acid groups (broad SMARTS) is 1. The van der Waals surface area contributed by atoms with E-state index >= 15 is 0 Å². The fraction of sp³-hybridized carbons (Fsp3) is 0.435. The molecule has 2 aromatic rings. The van der Waals surface area contributed by atoms with Gasteiger partial charge in [-0.25, -0.2) is 4.79 Å². The number of carboxylic acids is 1. The van der Waals surface area contributed by atoms with Gasteiger partial charge in [-0.1, -0.05) is 42.3 Å². The highest BCUT2D eigenvalue weighted by molar-refractivity contribution is 6.31. The Morgan fingerprint density at radius 3 is 2.63 bits per heavy atom. The van der Waals surface area contributed by atoms with Crippen molar-refractivity contribution in [2.24, 2.45) is 5.92 Å². The lowest BCUT2D eigenvalue weighted by Gasteiger charge is -2.33. The Morgan fingerprint density at radius 2 is 1.93 bits per heavy atom. The first-order chi connectivity index (χ1) is 14.3. The molecule has 0 fully saturated rings. The number of anilines is 1. The zero-order valence-corrected chi connectivity index (χ0v) is 18.6. The molecule has 162 valence electrons. The summed E-state index contributed by atoms with van der Waals surface area (Å²) in [6, 6.07) is 13.0. The molecule has 0 spiro atoms. The predicted molar refractivity (Wildman–Crippen MR) is 121 cm³/mol. The van der Waals surface area contributed by atoms with E-state index in [1.165, 1.54) is 0 Å². The molecule has 0 radical (unpaired) electrons. The molecule has 0 bridgehead atoms. The van der Waals surface area contributed by atoms with Crippen molar-refractivity contribution in [2.75, 3.05) is 25.0 Å². The van der Waals surface area contributed by atoms with Gasteiger partial charge in [0.15, 0.2) is 0 Å². The quantitative estimate of drug-likeness (QED) is 0.594. The number of nitrogens with one attached hydrogen (secondary N) is 1.